The highest BCUT2D eigenvalue weighted by atomic mass is 32.1. The number of carbonyl (C=O) groups is 1. The van der Waals surface area contributed by atoms with Crippen molar-refractivity contribution in [1.29, 1.82) is 0 Å². The summed E-state index contributed by atoms with van der Waals surface area (Å²) in [5, 5.41) is 3.00. The van der Waals surface area contributed by atoms with Crippen molar-refractivity contribution in [2.75, 3.05) is 43.4 Å². The highest BCUT2D eigenvalue weighted by Crippen LogP contribution is 2.32. The Morgan fingerprint density at radius 1 is 1.27 bits per heavy atom. The van der Waals surface area contributed by atoms with Crippen LogP contribution < -0.4 is 10.2 Å². The maximum absolute atomic E-state index is 12.6. The molecule has 0 unspecified atom stereocenters. The second-order valence-electron chi connectivity index (χ2n) is 7.56. The number of carbonyl (C=O) groups excluding carboxylic acids is 1. The van der Waals surface area contributed by atoms with Crippen LogP contribution in [-0.4, -0.2) is 49.0 Å². The van der Waals surface area contributed by atoms with Crippen LogP contribution in [0.4, 0.5) is 11.5 Å². The molecule has 2 aromatic heterocycles. The average molecular weight is 371 g/mol. The van der Waals surface area contributed by atoms with Crippen molar-refractivity contribution in [1.82, 2.24) is 9.88 Å². The van der Waals surface area contributed by atoms with Crippen molar-refractivity contribution in [3.05, 3.63) is 39.7 Å². The SMILES string of the molecule is C[C@@H]1CCc2sc(C(=O)Nc3ccc(N4CCN(C)CC4)nc3)cc2C1. The number of likely N-dealkylation sites (N-methyl/N-ethyl adjacent to an activating group) is 1. The molecule has 1 N–H and O–H groups in total. The normalized spacial score (nSPS) is 20.7. The average Bonchev–Trinajstić information content (AvgIpc) is 3.06. The Morgan fingerprint density at radius 2 is 2.08 bits per heavy atom. The monoisotopic (exact) mass is 370 g/mol. The molecule has 1 amide bonds. The van der Waals surface area contributed by atoms with Gasteiger partial charge in [-0.05, 0) is 56.0 Å². The van der Waals surface area contributed by atoms with E-state index in [1.807, 2.05) is 12.1 Å². The Morgan fingerprint density at radius 3 is 2.81 bits per heavy atom. The van der Waals surface area contributed by atoms with Crippen molar-refractivity contribution in [3.63, 3.8) is 0 Å². The molecule has 1 aliphatic carbocycles. The van der Waals surface area contributed by atoms with Crippen LogP contribution in [0.25, 0.3) is 0 Å². The standard InChI is InChI=1S/C20H26N4OS/c1-14-3-5-17-15(11-14)12-18(26-17)20(25)22-16-4-6-19(21-13-16)24-9-7-23(2)8-10-24/h4,6,12-14H,3,5,7-11H2,1-2H3,(H,22,25)/t14-/m1/s1. The smallest absolute Gasteiger partial charge is 0.265 e. The summed E-state index contributed by atoms with van der Waals surface area (Å²) < 4.78 is 0. The van der Waals surface area contributed by atoms with Crippen molar-refractivity contribution < 1.29 is 4.79 Å². The molecular formula is C20H26N4OS. The van der Waals surface area contributed by atoms with Crippen molar-refractivity contribution >= 4 is 28.7 Å². The van der Waals surface area contributed by atoms with Gasteiger partial charge in [0.2, 0.25) is 0 Å². The first kappa shape index (κ1) is 17.5. The van der Waals surface area contributed by atoms with Crippen molar-refractivity contribution in [2.24, 2.45) is 5.92 Å². The number of rotatable bonds is 3. The van der Waals surface area contributed by atoms with Crippen LogP contribution in [0.2, 0.25) is 0 Å². The number of anilines is 2. The van der Waals surface area contributed by atoms with Gasteiger partial charge in [-0.3, -0.25) is 4.79 Å². The van der Waals surface area contributed by atoms with Gasteiger partial charge in [-0.1, -0.05) is 6.92 Å². The Balaban J connectivity index is 1.40. The van der Waals surface area contributed by atoms with E-state index < -0.39 is 0 Å². The molecule has 138 valence electrons. The van der Waals surface area contributed by atoms with Gasteiger partial charge in [0.05, 0.1) is 16.8 Å². The van der Waals surface area contributed by atoms with E-state index in [-0.39, 0.29) is 5.91 Å². The third-order valence-electron chi connectivity index (χ3n) is 5.39. The van der Waals surface area contributed by atoms with Gasteiger partial charge in [-0.2, -0.15) is 0 Å². The molecule has 1 atom stereocenters. The van der Waals surface area contributed by atoms with Gasteiger partial charge in [0, 0.05) is 31.1 Å². The van der Waals surface area contributed by atoms with Crippen LogP contribution in [0.3, 0.4) is 0 Å². The molecule has 4 rings (SSSR count). The van der Waals surface area contributed by atoms with Crippen LogP contribution in [0.5, 0.6) is 0 Å². The number of amides is 1. The van der Waals surface area contributed by atoms with E-state index in [4.69, 9.17) is 0 Å². The lowest BCUT2D eigenvalue weighted by molar-refractivity contribution is 0.103. The summed E-state index contributed by atoms with van der Waals surface area (Å²) in [6.45, 7) is 6.39. The zero-order valence-electron chi connectivity index (χ0n) is 15.5. The molecule has 26 heavy (non-hydrogen) atoms. The summed E-state index contributed by atoms with van der Waals surface area (Å²) in [6.07, 6.45) is 5.20. The van der Waals surface area contributed by atoms with E-state index in [9.17, 15) is 4.79 Å². The quantitative estimate of drug-likeness (QED) is 0.901. The topological polar surface area (TPSA) is 48.5 Å². The molecule has 1 fully saturated rings. The number of aromatic nitrogens is 1. The van der Waals surface area contributed by atoms with E-state index in [0.717, 1.165) is 61.3 Å². The number of hydrogen-bond donors (Lipinski definition) is 1. The number of piperazine rings is 1. The second-order valence-corrected chi connectivity index (χ2v) is 8.69. The first-order valence-electron chi connectivity index (χ1n) is 9.41. The number of aryl methyl sites for hydroxylation is 1. The largest absolute Gasteiger partial charge is 0.354 e. The molecule has 5 nitrogen and oxygen atoms in total. The fourth-order valence-corrected chi connectivity index (χ4v) is 4.80. The number of fused-ring (bicyclic) bond motifs is 1. The lowest BCUT2D eigenvalue weighted by Gasteiger charge is -2.33. The number of pyridine rings is 1. The molecule has 2 aromatic rings. The molecule has 1 saturated heterocycles. The fraction of sp³-hybridized carbons (Fsp3) is 0.500. The van der Waals surface area contributed by atoms with Gasteiger partial charge in [0.15, 0.2) is 0 Å². The molecule has 0 aromatic carbocycles. The van der Waals surface area contributed by atoms with Crippen molar-refractivity contribution in [2.45, 2.75) is 26.2 Å². The minimum Gasteiger partial charge on any atom is -0.354 e. The van der Waals surface area contributed by atoms with Gasteiger partial charge in [0.1, 0.15) is 5.82 Å². The van der Waals surface area contributed by atoms with Crippen LogP contribution in [0, 0.1) is 5.92 Å². The molecule has 0 spiro atoms. The number of nitrogens with one attached hydrogen (secondary N) is 1. The number of hydrogen-bond acceptors (Lipinski definition) is 5. The third-order valence-corrected chi connectivity index (χ3v) is 6.62. The van der Waals surface area contributed by atoms with Crippen LogP contribution in [0.1, 0.15) is 33.5 Å². The first-order chi connectivity index (χ1) is 12.6. The van der Waals surface area contributed by atoms with E-state index in [1.54, 1.807) is 17.5 Å². The van der Waals surface area contributed by atoms with Crippen molar-refractivity contribution in [3.8, 4) is 0 Å². The predicted molar refractivity (Wildman–Crippen MR) is 107 cm³/mol. The Kier molecular flexibility index (Phi) is 4.96. The van der Waals surface area contributed by atoms with Crippen LogP contribution in [0.15, 0.2) is 24.4 Å². The van der Waals surface area contributed by atoms with Gasteiger partial charge in [0.25, 0.3) is 5.91 Å². The summed E-state index contributed by atoms with van der Waals surface area (Å²) in [5.74, 6) is 1.68. The Hall–Kier alpha value is -1.92. The Bertz CT molecular complexity index is 778. The first-order valence-corrected chi connectivity index (χ1v) is 10.2. The van der Waals surface area contributed by atoms with Gasteiger partial charge < -0.3 is 15.1 Å². The molecule has 0 radical (unpaired) electrons. The van der Waals surface area contributed by atoms with Gasteiger partial charge in [-0.25, -0.2) is 4.98 Å². The predicted octanol–water partition coefficient (Wildman–Crippen LogP) is 3.27. The molecule has 2 aliphatic rings. The Labute approximate surface area is 159 Å². The highest BCUT2D eigenvalue weighted by molar-refractivity contribution is 7.14. The minimum atomic E-state index is -0.0220. The zero-order valence-corrected chi connectivity index (χ0v) is 16.3. The van der Waals surface area contributed by atoms with E-state index in [0.29, 0.717) is 0 Å². The molecule has 6 heteroatoms. The fourth-order valence-electron chi connectivity index (χ4n) is 3.69. The summed E-state index contributed by atoms with van der Waals surface area (Å²) >= 11 is 1.65. The van der Waals surface area contributed by atoms with E-state index in [2.05, 4.69) is 40.1 Å². The maximum Gasteiger partial charge on any atom is 0.265 e. The highest BCUT2D eigenvalue weighted by Gasteiger charge is 2.21. The lowest BCUT2D eigenvalue weighted by Crippen LogP contribution is -2.44. The second kappa shape index (κ2) is 7.37. The molecule has 3 heterocycles. The lowest BCUT2D eigenvalue weighted by atomic mass is 9.90. The number of nitrogens with zero attached hydrogens (tertiary/aromatic N) is 3. The van der Waals surface area contributed by atoms with E-state index in [1.165, 1.54) is 16.9 Å². The third kappa shape index (κ3) is 3.76. The van der Waals surface area contributed by atoms with Gasteiger partial charge >= 0.3 is 0 Å². The summed E-state index contributed by atoms with van der Waals surface area (Å²) in [6, 6.07) is 6.03. The molecular weight excluding hydrogens is 344 g/mol. The summed E-state index contributed by atoms with van der Waals surface area (Å²) in [7, 11) is 2.15. The number of thiophene rings is 1. The van der Waals surface area contributed by atoms with E-state index >= 15 is 0 Å². The molecule has 1 aliphatic heterocycles. The van der Waals surface area contributed by atoms with Crippen LogP contribution >= 0.6 is 11.3 Å². The minimum absolute atomic E-state index is 0.0220. The van der Waals surface area contributed by atoms with Crippen LogP contribution in [-0.2, 0) is 12.8 Å². The maximum atomic E-state index is 12.6. The zero-order chi connectivity index (χ0) is 18.1. The summed E-state index contributed by atoms with van der Waals surface area (Å²) in [5.41, 5.74) is 2.12. The summed E-state index contributed by atoms with van der Waals surface area (Å²) in [4.78, 5) is 24.0. The molecule has 0 saturated carbocycles. The van der Waals surface area contributed by atoms with Gasteiger partial charge in [-0.15, -0.1) is 11.3 Å². The molecule has 0 bridgehead atoms.